The van der Waals surface area contributed by atoms with E-state index in [4.69, 9.17) is 11.6 Å². The highest BCUT2D eigenvalue weighted by atomic mass is 35.5. The Morgan fingerprint density at radius 3 is 2.67 bits per heavy atom. The molecule has 2 saturated heterocycles. The summed E-state index contributed by atoms with van der Waals surface area (Å²) < 4.78 is 0. The Bertz CT molecular complexity index is 694. The molecule has 27 heavy (non-hydrogen) atoms. The maximum absolute atomic E-state index is 12.8. The number of rotatable bonds is 4. The molecular formula is C21H30ClN3O2. The molecule has 5 nitrogen and oxygen atoms in total. The zero-order valence-corrected chi connectivity index (χ0v) is 17.1. The number of hydrogen-bond donors (Lipinski definition) is 1. The van der Waals surface area contributed by atoms with Crippen molar-refractivity contribution in [3.8, 4) is 0 Å². The molecular weight excluding hydrogens is 362 g/mol. The number of benzene rings is 1. The summed E-state index contributed by atoms with van der Waals surface area (Å²) in [6.45, 7) is 6.99. The molecule has 0 saturated carbocycles. The fourth-order valence-electron chi connectivity index (χ4n) is 4.06. The third-order valence-corrected chi connectivity index (χ3v) is 6.03. The Hall–Kier alpha value is -1.75. The van der Waals surface area contributed by atoms with Gasteiger partial charge in [-0.15, -0.1) is 0 Å². The van der Waals surface area contributed by atoms with Crippen molar-refractivity contribution in [1.82, 2.24) is 9.80 Å². The van der Waals surface area contributed by atoms with E-state index in [-0.39, 0.29) is 24.4 Å². The molecule has 1 aromatic rings. The van der Waals surface area contributed by atoms with E-state index in [0.29, 0.717) is 16.5 Å². The Labute approximate surface area is 167 Å². The fourth-order valence-corrected chi connectivity index (χ4v) is 4.32. The summed E-state index contributed by atoms with van der Waals surface area (Å²) in [5.41, 5.74) is 1.30. The first-order valence-electron chi connectivity index (χ1n) is 10.1. The van der Waals surface area contributed by atoms with Gasteiger partial charge in [-0.2, -0.15) is 0 Å². The van der Waals surface area contributed by atoms with Gasteiger partial charge < -0.3 is 15.1 Å². The lowest BCUT2D eigenvalue weighted by atomic mass is 10.0. The zero-order chi connectivity index (χ0) is 19.4. The fraction of sp³-hybridized carbons (Fsp3) is 0.619. The average Bonchev–Trinajstić information content (AvgIpc) is 2.66. The van der Waals surface area contributed by atoms with Crippen molar-refractivity contribution in [3.05, 3.63) is 28.8 Å². The number of piperidine rings is 2. The molecule has 148 valence electrons. The third kappa shape index (κ3) is 4.95. The smallest absolute Gasteiger partial charge is 0.255 e. The third-order valence-electron chi connectivity index (χ3n) is 5.72. The summed E-state index contributed by atoms with van der Waals surface area (Å²) >= 11 is 6.39. The van der Waals surface area contributed by atoms with E-state index >= 15 is 0 Å². The predicted molar refractivity (Wildman–Crippen MR) is 109 cm³/mol. The molecule has 6 heteroatoms. The van der Waals surface area contributed by atoms with E-state index in [1.165, 1.54) is 12.8 Å². The van der Waals surface area contributed by atoms with Gasteiger partial charge in [0.05, 0.1) is 17.1 Å². The Kier molecular flexibility index (Phi) is 6.64. The highest BCUT2D eigenvalue weighted by Crippen LogP contribution is 2.26. The number of anilines is 1. The Morgan fingerprint density at radius 2 is 1.96 bits per heavy atom. The quantitative estimate of drug-likeness (QED) is 0.843. The second kappa shape index (κ2) is 8.96. The van der Waals surface area contributed by atoms with Gasteiger partial charge in [-0.05, 0) is 63.1 Å². The number of hydrogen-bond acceptors (Lipinski definition) is 3. The van der Waals surface area contributed by atoms with Crippen LogP contribution in [-0.4, -0.2) is 53.8 Å². The first-order valence-corrected chi connectivity index (χ1v) is 10.5. The van der Waals surface area contributed by atoms with Crippen molar-refractivity contribution in [1.29, 1.82) is 0 Å². The molecule has 1 N–H and O–H groups in total. The van der Waals surface area contributed by atoms with Gasteiger partial charge in [0.2, 0.25) is 5.91 Å². The topological polar surface area (TPSA) is 52.7 Å². The van der Waals surface area contributed by atoms with Gasteiger partial charge in [-0.1, -0.05) is 18.5 Å². The van der Waals surface area contributed by atoms with Crippen LogP contribution in [-0.2, 0) is 4.79 Å². The van der Waals surface area contributed by atoms with Gasteiger partial charge in [-0.3, -0.25) is 9.59 Å². The van der Waals surface area contributed by atoms with Crippen molar-refractivity contribution in [2.24, 2.45) is 5.92 Å². The van der Waals surface area contributed by atoms with Gasteiger partial charge in [0.15, 0.2) is 0 Å². The molecule has 0 aromatic heterocycles. The van der Waals surface area contributed by atoms with Gasteiger partial charge in [-0.25, -0.2) is 0 Å². The van der Waals surface area contributed by atoms with Crippen LogP contribution in [0.5, 0.6) is 0 Å². The Balaban J connectivity index is 1.59. The summed E-state index contributed by atoms with van der Waals surface area (Å²) in [7, 11) is 0. The van der Waals surface area contributed by atoms with Gasteiger partial charge in [0.25, 0.3) is 5.91 Å². The van der Waals surface area contributed by atoms with Gasteiger partial charge >= 0.3 is 0 Å². The van der Waals surface area contributed by atoms with Gasteiger partial charge in [0.1, 0.15) is 0 Å². The van der Waals surface area contributed by atoms with Crippen LogP contribution in [0.1, 0.15) is 56.3 Å². The van der Waals surface area contributed by atoms with Crippen molar-refractivity contribution in [2.45, 2.75) is 52.0 Å². The van der Waals surface area contributed by atoms with E-state index in [9.17, 15) is 9.59 Å². The molecule has 2 aliphatic heterocycles. The maximum atomic E-state index is 12.8. The summed E-state index contributed by atoms with van der Waals surface area (Å²) in [4.78, 5) is 29.0. The second-order valence-electron chi connectivity index (χ2n) is 7.98. The molecule has 0 radical (unpaired) electrons. The van der Waals surface area contributed by atoms with Crippen molar-refractivity contribution < 1.29 is 9.59 Å². The summed E-state index contributed by atoms with van der Waals surface area (Å²) in [6.07, 6.45) is 5.53. The molecule has 2 atom stereocenters. The van der Waals surface area contributed by atoms with Crippen LogP contribution in [0, 0.1) is 5.92 Å². The standard InChI is InChI=1S/C21H30ClN3O2/c1-15-6-5-10-24(14-15)20(26)13-23-17-8-9-18(19(22)12-17)21(27)25-11-4-3-7-16(25)2/h8-9,12,15-16,23H,3-7,10-11,13-14H2,1-2H3. The van der Waals surface area contributed by atoms with Crippen LogP contribution < -0.4 is 5.32 Å². The number of nitrogens with one attached hydrogen (secondary N) is 1. The lowest BCUT2D eigenvalue weighted by Gasteiger charge is -2.33. The van der Waals surface area contributed by atoms with Crippen LogP contribution in [0.3, 0.4) is 0 Å². The number of amides is 2. The minimum atomic E-state index is -0.00266. The highest BCUT2D eigenvalue weighted by Gasteiger charge is 2.26. The minimum absolute atomic E-state index is 0.00266. The number of likely N-dealkylation sites (tertiary alicyclic amines) is 2. The first-order chi connectivity index (χ1) is 13.0. The average molecular weight is 392 g/mol. The number of halogens is 1. The van der Waals surface area contributed by atoms with E-state index in [0.717, 1.165) is 44.6 Å². The monoisotopic (exact) mass is 391 g/mol. The highest BCUT2D eigenvalue weighted by molar-refractivity contribution is 6.34. The van der Waals surface area contributed by atoms with Crippen LogP contribution >= 0.6 is 11.6 Å². The van der Waals surface area contributed by atoms with Crippen molar-refractivity contribution in [3.63, 3.8) is 0 Å². The van der Waals surface area contributed by atoms with Crippen LogP contribution in [0.2, 0.25) is 5.02 Å². The molecule has 2 aliphatic rings. The predicted octanol–water partition coefficient (Wildman–Crippen LogP) is 4.03. The SMILES string of the molecule is CC1CCCN(C(=O)CNc2ccc(C(=O)N3CCCCC3C)c(Cl)c2)C1. The summed E-state index contributed by atoms with van der Waals surface area (Å²) in [5, 5.41) is 3.58. The number of carbonyl (C=O) groups excluding carboxylic acids is 2. The van der Waals surface area contributed by atoms with Gasteiger partial charge in [0, 0.05) is 31.4 Å². The van der Waals surface area contributed by atoms with E-state index in [1.54, 1.807) is 12.1 Å². The molecule has 3 rings (SSSR count). The van der Waals surface area contributed by atoms with Crippen molar-refractivity contribution in [2.75, 3.05) is 31.5 Å². The maximum Gasteiger partial charge on any atom is 0.255 e. The van der Waals surface area contributed by atoms with E-state index < -0.39 is 0 Å². The number of nitrogens with zero attached hydrogens (tertiary/aromatic N) is 2. The summed E-state index contributed by atoms with van der Waals surface area (Å²) in [6, 6.07) is 5.60. The Morgan fingerprint density at radius 1 is 1.15 bits per heavy atom. The molecule has 0 aliphatic carbocycles. The summed E-state index contributed by atoms with van der Waals surface area (Å²) in [5.74, 6) is 0.678. The molecule has 2 heterocycles. The molecule has 2 fully saturated rings. The van der Waals surface area contributed by atoms with Crippen molar-refractivity contribution >= 4 is 29.1 Å². The van der Waals surface area contributed by atoms with E-state index in [1.807, 2.05) is 15.9 Å². The lowest BCUT2D eigenvalue weighted by Crippen LogP contribution is -2.42. The van der Waals surface area contributed by atoms with E-state index in [2.05, 4.69) is 19.2 Å². The first kappa shape index (κ1) is 20.0. The molecule has 2 amide bonds. The normalized spacial score (nSPS) is 23.2. The molecule has 1 aromatic carbocycles. The molecule has 0 bridgehead atoms. The number of carbonyl (C=O) groups is 2. The lowest BCUT2D eigenvalue weighted by molar-refractivity contribution is -0.130. The van der Waals surface area contributed by atoms with Crippen LogP contribution in [0.15, 0.2) is 18.2 Å². The van der Waals surface area contributed by atoms with Crippen LogP contribution in [0.25, 0.3) is 0 Å². The minimum Gasteiger partial charge on any atom is -0.376 e. The second-order valence-corrected chi connectivity index (χ2v) is 8.39. The zero-order valence-electron chi connectivity index (χ0n) is 16.3. The molecule has 0 spiro atoms. The van der Waals surface area contributed by atoms with Crippen LogP contribution in [0.4, 0.5) is 5.69 Å². The molecule has 2 unspecified atom stereocenters. The largest absolute Gasteiger partial charge is 0.376 e.